The number of rotatable bonds is 5. The van der Waals surface area contributed by atoms with Gasteiger partial charge >= 0.3 is 0 Å². The highest BCUT2D eigenvalue weighted by Crippen LogP contribution is 2.17. The van der Waals surface area contributed by atoms with Crippen molar-refractivity contribution >= 4 is 28.8 Å². The molecule has 1 amide bonds. The number of pyridine rings is 1. The molecule has 1 N–H and O–H groups in total. The standard InChI is InChI=1S/C16H17N5OS/c1-21(2)14(11-6-4-3-5-7-11)10-18-16(22)12-8-13-15(17-9-12)20-23-19-13/h3-9,14H,10H2,1-2H3,(H,18,22). The van der Waals surface area contributed by atoms with E-state index < -0.39 is 0 Å². The summed E-state index contributed by atoms with van der Waals surface area (Å²) in [7, 11) is 4.00. The van der Waals surface area contributed by atoms with E-state index in [0.717, 1.165) is 17.3 Å². The molecule has 2 aromatic heterocycles. The Morgan fingerprint density at radius 2 is 2.04 bits per heavy atom. The lowest BCUT2D eigenvalue weighted by Gasteiger charge is -2.25. The Labute approximate surface area is 138 Å². The van der Waals surface area contributed by atoms with E-state index in [1.54, 1.807) is 6.07 Å². The third kappa shape index (κ3) is 3.52. The number of fused-ring (bicyclic) bond motifs is 1. The van der Waals surface area contributed by atoms with Crippen molar-refractivity contribution in [3.05, 3.63) is 53.7 Å². The van der Waals surface area contributed by atoms with Gasteiger partial charge in [-0.15, -0.1) is 0 Å². The lowest BCUT2D eigenvalue weighted by Crippen LogP contribution is -2.34. The first-order valence-electron chi connectivity index (χ1n) is 7.23. The second kappa shape index (κ2) is 6.80. The average Bonchev–Trinajstić information content (AvgIpc) is 3.03. The molecular formula is C16H17N5OS. The molecule has 0 bridgehead atoms. The third-order valence-electron chi connectivity index (χ3n) is 3.64. The topological polar surface area (TPSA) is 71.0 Å². The maximum atomic E-state index is 12.4. The fourth-order valence-corrected chi connectivity index (χ4v) is 2.86. The molecule has 0 aliphatic rings. The molecule has 7 heteroatoms. The van der Waals surface area contributed by atoms with Crippen LogP contribution in [0, 0.1) is 0 Å². The number of hydrogen-bond acceptors (Lipinski definition) is 6. The lowest BCUT2D eigenvalue weighted by atomic mass is 10.1. The van der Waals surface area contributed by atoms with Crippen LogP contribution in [-0.4, -0.2) is 45.2 Å². The molecule has 2 heterocycles. The molecule has 0 aliphatic heterocycles. The van der Waals surface area contributed by atoms with Crippen LogP contribution < -0.4 is 5.32 Å². The van der Waals surface area contributed by atoms with Gasteiger partial charge in [-0.05, 0) is 25.7 Å². The predicted octanol–water partition coefficient (Wildman–Crippen LogP) is 2.12. The van der Waals surface area contributed by atoms with Crippen LogP contribution in [0.4, 0.5) is 0 Å². The van der Waals surface area contributed by atoms with Crippen LogP contribution in [0.3, 0.4) is 0 Å². The van der Waals surface area contributed by atoms with E-state index in [-0.39, 0.29) is 11.9 Å². The number of likely N-dealkylation sites (N-methyl/N-ethyl adjacent to an activating group) is 1. The fraction of sp³-hybridized carbons (Fsp3) is 0.250. The smallest absolute Gasteiger partial charge is 0.252 e. The molecule has 3 rings (SSSR count). The number of carbonyl (C=O) groups excluding carboxylic acids is 1. The largest absolute Gasteiger partial charge is 0.350 e. The Kier molecular flexibility index (Phi) is 4.59. The van der Waals surface area contributed by atoms with Crippen LogP contribution in [0.1, 0.15) is 22.0 Å². The van der Waals surface area contributed by atoms with Gasteiger partial charge in [-0.2, -0.15) is 8.75 Å². The molecule has 0 saturated carbocycles. The van der Waals surface area contributed by atoms with Crippen molar-refractivity contribution < 1.29 is 4.79 Å². The summed E-state index contributed by atoms with van der Waals surface area (Å²) >= 11 is 1.09. The van der Waals surface area contributed by atoms with Crippen LogP contribution >= 0.6 is 11.7 Å². The fourth-order valence-electron chi connectivity index (χ4n) is 2.38. The number of benzene rings is 1. The molecule has 118 valence electrons. The molecule has 0 aliphatic carbocycles. The zero-order valence-electron chi connectivity index (χ0n) is 12.9. The second-order valence-electron chi connectivity index (χ2n) is 5.43. The number of amides is 1. The molecule has 1 aromatic carbocycles. The zero-order valence-corrected chi connectivity index (χ0v) is 13.7. The summed E-state index contributed by atoms with van der Waals surface area (Å²) in [4.78, 5) is 18.6. The van der Waals surface area contributed by atoms with E-state index in [1.165, 1.54) is 6.20 Å². The summed E-state index contributed by atoms with van der Waals surface area (Å²) in [5, 5.41) is 2.97. The van der Waals surface area contributed by atoms with Crippen LogP contribution in [0.15, 0.2) is 42.6 Å². The second-order valence-corrected chi connectivity index (χ2v) is 5.96. The number of nitrogens with one attached hydrogen (secondary N) is 1. The molecule has 1 unspecified atom stereocenters. The molecule has 0 fully saturated rings. The van der Waals surface area contributed by atoms with E-state index in [4.69, 9.17) is 0 Å². The number of hydrogen-bond donors (Lipinski definition) is 1. The summed E-state index contributed by atoms with van der Waals surface area (Å²) in [6.45, 7) is 0.517. The van der Waals surface area contributed by atoms with Crippen LogP contribution in [0.25, 0.3) is 11.2 Å². The highest BCUT2D eigenvalue weighted by Gasteiger charge is 2.16. The Hall–Kier alpha value is -2.38. The van der Waals surface area contributed by atoms with Gasteiger partial charge in [-0.3, -0.25) is 4.79 Å². The average molecular weight is 327 g/mol. The Morgan fingerprint density at radius 3 is 2.78 bits per heavy atom. The first kappa shape index (κ1) is 15.5. The lowest BCUT2D eigenvalue weighted by molar-refractivity contribution is 0.0941. The quantitative estimate of drug-likeness (QED) is 0.777. The van der Waals surface area contributed by atoms with Crippen molar-refractivity contribution in [2.45, 2.75) is 6.04 Å². The van der Waals surface area contributed by atoms with Gasteiger partial charge in [0.1, 0.15) is 5.52 Å². The number of nitrogens with zero attached hydrogens (tertiary/aromatic N) is 4. The van der Waals surface area contributed by atoms with Crippen LogP contribution in [-0.2, 0) is 0 Å². The zero-order chi connectivity index (χ0) is 16.2. The van der Waals surface area contributed by atoms with Gasteiger partial charge in [-0.25, -0.2) is 4.98 Å². The minimum absolute atomic E-state index is 0.109. The van der Waals surface area contributed by atoms with Crippen LogP contribution in [0.5, 0.6) is 0 Å². The van der Waals surface area contributed by atoms with Gasteiger partial charge in [0.2, 0.25) is 0 Å². The van der Waals surface area contributed by atoms with Gasteiger partial charge < -0.3 is 10.2 Å². The maximum absolute atomic E-state index is 12.4. The predicted molar refractivity (Wildman–Crippen MR) is 90.4 cm³/mol. The van der Waals surface area contributed by atoms with Crippen molar-refractivity contribution in [3.63, 3.8) is 0 Å². The molecule has 0 saturated heterocycles. The molecule has 0 radical (unpaired) electrons. The molecular weight excluding hydrogens is 310 g/mol. The maximum Gasteiger partial charge on any atom is 0.252 e. The molecule has 3 aromatic rings. The van der Waals surface area contributed by atoms with Crippen molar-refractivity contribution in [2.75, 3.05) is 20.6 Å². The van der Waals surface area contributed by atoms with Gasteiger partial charge in [0.25, 0.3) is 5.91 Å². The van der Waals surface area contributed by atoms with Gasteiger partial charge in [0, 0.05) is 12.7 Å². The summed E-state index contributed by atoms with van der Waals surface area (Å²) < 4.78 is 8.15. The molecule has 6 nitrogen and oxygen atoms in total. The highest BCUT2D eigenvalue weighted by molar-refractivity contribution is 7.00. The third-order valence-corrected chi connectivity index (χ3v) is 4.17. The Morgan fingerprint density at radius 1 is 1.26 bits per heavy atom. The van der Waals surface area contributed by atoms with Gasteiger partial charge in [0.15, 0.2) is 5.65 Å². The monoisotopic (exact) mass is 327 g/mol. The summed E-state index contributed by atoms with van der Waals surface area (Å²) in [6, 6.07) is 11.9. The Balaban J connectivity index is 1.71. The first-order valence-corrected chi connectivity index (χ1v) is 7.96. The highest BCUT2D eigenvalue weighted by atomic mass is 32.1. The SMILES string of the molecule is CN(C)C(CNC(=O)c1cnc2nsnc2c1)c1ccccc1. The normalized spacial score (nSPS) is 12.5. The molecule has 1 atom stereocenters. The summed E-state index contributed by atoms with van der Waals surface area (Å²) in [5.41, 5.74) is 2.88. The van der Waals surface area contributed by atoms with E-state index in [2.05, 4.69) is 36.1 Å². The number of carbonyl (C=O) groups is 1. The van der Waals surface area contributed by atoms with Crippen molar-refractivity contribution in [3.8, 4) is 0 Å². The minimum Gasteiger partial charge on any atom is -0.350 e. The van der Waals surface area contributed by atoms with Crippen molar-refractivity contribution in [1.29, 1.82) is 0 Å². The van der Waals surface area contributed by atoms with Gasteiger partial charge in [0.05, 0.1) is 23.3 Å². The van der Waals surface area contributed by atoms with Gasteiger partial charge in [-0.1, -0.05) is 30.3 Å². The minimum atomic E-state index is -0.157. The Bertz CT molecular complexity index is 802. The first-order chi connectivity index (χ1) is 11.1. The van der Waals surface area contributed by atoms with E-state index >= 15 is 0 Å². The molecule has 23 heavy (non-hydrogen) atoms. The van der Waals surface area contributed by atoms with Crippen molar-refractivity contribution in [1.82, 2.24) is 23.9 Å². The van der Waals surface area contributed by atoms with Crippen molar-refractivity contribution in [2.24, 2.45) is 0 Å². The van der Waals surface area contributed by atoms with Crippen LogP contribution in [0.2, 0.25) is 0 Å². The van der Waals surface area contributed by atoms with E-state index in [9.17, 15) is 4.79 Å². The summed E-state index contributed by atoms with van der Waals surface area (Å²) in [5.74, 6) is -0.157. The van der Waals surface area contributed by atoms with E-state index in [1.807, 2.05) is 32.3 Å². The number of aromatic nitrogens is 3. The van der Waals surface area contributed by atoms with E-state index in [0.29, 0.717) is 23.3 Å². The summed E-state index contributed by atoms with van der Waals surface area (Å²) in [6.07, 6.45) is 1.53. The molecule has 0 spiro atoms.